The van der Waals surface area contributed by atoms with Crippen molar-refractivity contribution in [3.63, 3.8) is 0 Å². The molecule has 1 amide bonds. The van der Waals surface area contributed by atoms with E-state index in [9.17, 15) is 4.79 Å². The van der Waals surface area contributed by atoms with Gasteiger partial charge in [0.1, 0.15) is 5.65 Å². The number of imidazole rings is 1. The van der Waals surface area contributed by atoms with Crippen LogP contribution in [-0.2, 0) is 17.6 Å². The van der Waals surface area contributed by atoms with Crippen LogP contribution < -0.4 is 0 Å². The van der Waals surface area contributed by atoms with Crippen LogP contribution in [0.3, 0.4) is 0 Å². The van der Waals surface area contributed by atoms with Gasteiger partial charge in [-0.05, 0) is 50.3 Å². The van der Waals surface area contributed by atoms with E-state index in [2.05, 4.69) is 34.6 Å². The van der Waals surface area contributed by atoms with Crippen molar-refractivity contribution in [2.24, 2.45) is 5.92 Å². The molecule has 4 heteroatoms. The molecule has 0 spiro atoms. The second-order valence-electron chi connectivity index (χ2n) is 7.12. The van der Waals surface area contributed by atoms with E-state index in [1.165, 1.54) is 42.6 Å². The quantitative estimate of drug-likeness (QED) is 0.811. The SMILES string of the molecule is Cc1ccn2c3c(nc2c1)CCC(C(=O)N1CCCCCC1)C3. The summed E-state index contributed by atoms with van der Waals surface area (Å²) in [5.74, 6) is 0.515. The molecule has 2 aromatic heterocycles. The van der Waals surface area contributed by atoms with E-state index in [1.807, 2.05) is 0 Å². The standard InChI is InChI=1S/C19H25N3O/c1-14-8-11-22-17-13-15(6-7-16(17)20-18(22)12-14)19(23)21-9-4-2-3-5-10-21/h8,11-12,15H,2-7,9-10,13H2,1H3. The summed E-state index contributed by atoms with van der Waals surface area (Å²) in [7, 11) is 0. The lowest BCUT2D eigenvalue weighted by molar-refractivity contribution is -0.135. The number of fused-ring (bicyclic) bond motifs is 3. The van der Waals surface area contributed by atoms with Gasteiger partial charge < -0.3 is 9.30 Å². The van der Waals surface area contributed by atoms with E-state index in [0.717, 1.165) is 38.0 Å². The Morgan fingerprint density at radius 2 is 2.00 bits per heavy atom. The van der Waals surface area contributed by atoms with Crippen LogP contribution in [0.1, 0.15) is 49.1 Å². The number of carbonyl (C=O) groups is 1. The van der Waals surface area contributed by atoms with Gasteiger partial charge in [-0.3, -0.25) is 4.79 Å². The summed E-state index contributed by atoms with van der Waals surface area (Å²) in [6, 6.07) is 4.25. The van der Waals surface area contributed by atoms with E-state index in [4.69, 9.17) is 4.98 Å². The Hall–Kier alpha value is -1.84. The fourth-order valence-electron chi connectivity index (χ4n) is 4.07. The molecule has 2 aliphatic rings. The molecule has 0 N–H and O–H groups in total. The van der Waals surface area contributed by atoms with Gasteiger partial charge in [-0.2, -0.15) is 0 Å². The molecule has 0 radical (unpaired) electrons. The van der Waals surface area contributed by atoms with Crippen LogP contribution in [0.15, 0.2) is 18.3 Å². The largest absolute Gasteiger partial charge is 0.342 e. The highest BCUT2D eigenvalue weighted by molar-refractivity contribution is 5.79. The molecular weight excluding hydrogens is 286 g/mol. The lowest BCUT2D eigenvalue weighted by Gasteiger charge is -2.28. The number of nitrogens with zero attached hydrogens (tertiary/aromatic N) is 3. The van der Waals surface area contributed by atoms with Crippen LogP contribution in [0.2, 0.25) is 0 Å². The van der Waals surface area contributed by atoms with Crippen molar-refractivity contribution in [2.45, 2.75) is 51.9 Å². The van der Waals surface area contributed by atoms with Crippen LogP contribution in [-0.4, -0.2) is 33.3 Å². The number of hydrogen-bond donors (Lipinski definition) is 0. The average Bonchev–Trinajstić information content (AvgIpc) is 2.73. The highest BCUT2D eigenvalue weighted by Crippen LogP contribution is 2.28. The third-order valence-corrected chi connectivity index (χ3v) is 5.40. The van der Waals surface area contributed by atoms with Crippen molar-refractivity contribution in [2.75, 3.05) is 13.1 Å². The zero-order chi connectivity index (χ0) is 15.8. The molecule has 0 saturated carbocycles. The normalized spacial score (nSPS) is 22.0. The minimum Gasteiger partial charge on any atom is -0.342 e. The van der Waals surface area contributed by atoms with E-state index >= 15 is 0 Å². The molecule has 1 aliphatic heterocycles. The number of likely N-dealkylation sites (tertiary alicyclic amines) is 1. The first-order chi connectivity index (χ1) is 11.2. The van der Waals surface area contributed by atoms with Gasteiger partial charge >= 0.3 is 0 Å². The van der Waals surface area contributed by atoms with E-state index in [0.29, 0.717) is 5.91 Å². The van der Waals surface area contributed by atoms with Gasteiger partial charge in [0.05, 0.1) is 5.69 Å². The highest BCUT2D eigenvalue weighted by atomic mass is 16.2. The number of carbonyl (C=O) groups excluding carboxylic acids is 1. The predicted octanol–water partition coefficient (Wildman–Crippen LogP) is 3.15. The molecule has 2 aromatic rings. The van der Waals surface area contributed by atoms with Crippen LogP contribution in [0.4, 0.5) is 0 Å². The fraction of sp³-hybridized carbons (Fsp3) is 0.579. The van der Waals surface area contributed by atoms with Crippen molar-refractivity contribution in [1.29, 1.82) is 0 Å². The van der Waals surface area contributed by atoms with Crippen LogP contribution in [0.5, 0.6) is 0 Å². The predicted molar refractivity (Wildman–Crippen MR) is 90.5 cm³/mol. The molecule has 4 rings (SSSR count). The van der Waals surface area contributed by atoms with Crippen LogP contribution >= 0.6 is 0 Å². The second-order valence-corrected chi connectivity index (χ2v) is 7.12. The summed E-state index contributed by atoms with van der Waals surface area (Å²) >= 11 is 0. The zero-order valence-electron chi connectivity index (χ0n) is 13.9. The number of aryl methyl sites for hydroxylation is 2. The minimum atomic E-state index is 0.141. The molecule has 0 aromatic carbocycles. The Kier molecular flexibility index (Phi) is 3.83. The first kappa shape index (κ1) is 14.7. The molecule has 3 heterocycles. The number of aromatic nitrogens is 2. The van der Waals surface area contributed by atoms with Crippen LogP contribution in [0, 0.1) is 12.8 Å². The number of amides is 1. The van der Waals surface area contributed by atoms with Gasteiger partial charge in [-0.25, -0.2) is 4.98 Å². The first-order valence-corrected chi connectivity index (χ1v) is 8.97. The third-order valence-electron chi connectivity index (χ3n) is 5.40. The monoisotopic (exact) mass is 311 g/mol. The molecule has 23 heavy (non-hydrogen) atoms. The number of hydrogen-bond acceptors (Lipinski definition) is 2. The van der Waals surface area contributed by atoms with Gasteiger partial charge in [-0.15, -0.1) is 0 Å². The maximum Gasteiger partial charge on any atom is 0.226 e. The zero-order valence-corrected chi connectivity index (χ0v) is 13.9. The topological polar surface area (TPSA) is 37.6 Å². The lowest BCUT2D eigenvalue weighted by atomic mass is 9.88. The fourth-order valence-corrected chi connectivity index (χ4v) is 4.07. The molecule has 4 nitrogen and oxygen atoms in total. The molecular formula is C19H25N3O. The Bertz CT molecular complexity index is 726. The lowest BCUT2D eigenvalue weighted by Crippen LogP contribution is -2.39. The van der Waals surface area contributed by atoms with Crippen molar-refractivity contribution >= 4 is 11.6 Å². The van der Waals surface area contributed by atoms with E-state index in [-0.39, 0.29) is 5.92 Å². The van der Waals surface area contributed by atoms with E-state index in [1.54, 1.807) is 0 Å². The first-order valence-electron chi connectivity index (χ1n) is 8.97. The maximum absolute atomic E-state index is 12.9. The van der Waals surface area contributed by atoms with Gasteiger partial charge in [-0.1, -0.05) is 12.8 Å². The Morgan fingerprint density at radius 1 is 1.22 bits per heavy atom. The smallest absolute Gasteiger partial charge is 0.226 e. The van der Waals surface area contributed by atoms with Crippen molar-refractivity contribution in [3.05, 3.63) is 35.3 Å². The van der Waals surface area contributed by atoms with Gasteiger partial charge in [0, 0.05) is 37.3 Å². The Labute approximate surface area is 137 Å². The summed E-state index contributed by atoms with van der Waals surface area (Å²) < 4.78 is 2.18. The third kappa shape index (κ3) is 2.75. The number of rotatable bonds is 1. The summed E-state index contributed by atoms with van der Waals surface area (Å²) in [6.45, 7) is 4.00. The Balaban J connectivity index is 1.58. The van der Waals surface area contributed by atoms with Gasteiger partial charge in [0.25, 0.3) is 0 Å². The molecule has 1 fully saturated rings. The molecule has 122 valence electrons. The Morgan fingerprint density at radius 3 is 2.78 bits per heavy atom. The van der Waals surface area contributed by atoms with Crippen molar-refractivity contribution in [1.82, 2.24) is 14.3 Å². The minimum absolute atomic E-state index is 0.141. The van der Waals surface area contributed by atoms with Crippen molar-refractivity contribution in [3.8, 4) is 0 Å². The summed E-state index contributed by atoms with van der Waals surface area (Å²) in [6.07, 6.45) is 9.70. The summed E-state index contributed by atoms with van der Waals surface area (Å²) in [5.41, 5.74) is 4.70. The molecule has 1 unspecified atom stereocenters. The van der Waals surface area contributed by atoms with Gasteiger partial charge in [0.15, 0.2) is 0 Å². The molecule has 1 saturated heterocycles. The molecule has 1 atom stereocenters. The van der Waals surface area contributed by atoms with E-state index < -0.39 is 0 Å². The van der Waals surface area contributed by atoms with Crippen molar-refractivity contribution < 1.29 is 4.79 Å². The number of pyridine rings is 1. The molecule has 1 aliphatic carbocycles. The molecule has 0 bridgehead atoms. The maximum atomic E-state index is 12.9. The summed E-state index contributed by atoms with van der Waals surface area (Å²) in [4.78, 5) is 19.8. The average molecular weight is 311 g/mol. The highest BCUT2D eigenvalue weighted by Gasteiger charge is 2.31. The van der Waals surface area contributed by atoms with Gasteiger partial charge in [0.2, 0.25) is 5.91 Å². The summed E-state index contributed by atoms with van der Waals surface area (Å²) in [5, 5.41) is 0. The second kappa shape index (κ2) is 5.99. The van der Waals surface area contributed by atoms with Crippen LogP contribution in [0.25, 0.3) is 5.65 Å².